The van der Waals surface area contributed by atoms with Gasteiger partial charge < -0.3 is 24.7 Å². The van der Waals surface area contributed by atoms with Gasteiger partial charge in [-0.3, -0.25) is 4.79 Å². The van der Waals surface area contributed by atoms with E-state index in [4.69, 9.17) is 15.2 Å². The van der Waals surface area contributed by atoms with Gasteiger partial charge in [-0.05, 0) is 26.3 Å². The molecule has 1 saturated heterocycles. The molecule has 3 aliphatic rings. The van der Waals surface area contributed by atoms with Crippen LogP contribution in [0.15, 0.2) is 15.9 Å². The number of nitrogens with zero attached hydrogens (tertiary/aromatic N) is 2. The highest BCUT2D eigenvalue weighted by atomic mass is 32.2. The highest BCUT2D eigenvalue weighted by molar-refractivity contribution is 8.00. The first-order valence-electron chi connectivity index (χ1n) is 9.81. The molecule has 3 atom stereocenters. The molecule has 1 unspecified atom stereocenters. The fraction of sp³-hybridized carbons (Fsp3) is 0.500. The van der Waals surface area contributed by atoms with Gasteiger partial charge in [0.2, 0.25) is 5.43 Å². The minimum Gasteiger partial charge on any atom is -0.462 e. The third-order valence-electron chi connectivity index (χ3n) is 6.01. The molecule has 0 bridgehead atoms. The van der Waals surface area contributed by atoms with E-state index in [2.05, 4.69) is 0 Å². The van der Waals surface area contributed by atoms with Crippen molar-refractivity contribution in [1.82, 2.24) is 4.57 Å². The second kappa shape index (κ2) is 6.72. The van der Waals surface area contributed by atoms with Crippen molar-refractivity contribution >= 4 is 34.3 Å². The summed E-state index contributed by atoms with van der Waals surface area (Å²) in [4.78, 5) is 27.6. The zero-order valence-electron chi connectivity index (χ0n) is 16.2. The third kappa shape index (κ3) is 2.57. The standard InChI is InChI=1S/C20H22FN3O4S/c1-3-28-20(26)15-18(25)10-6-12(21)17-11(16(10)24-9(2)29-19(15)24)7-27-8-14-13(22)4-5-23(14)17/h6,9,13-14H,3-5,7-8,22H2,1-2H3/t9?,13-,14-/m1/s1. The van der Waals surface area contributed by atoms with Crippen LogP contribution in [0.2, 0.25) is 0 Å². The molecule has 0 amide bonds. The largest absolute Gasteiger partial charge is 0.462 e. The average Bonchev–Trinajstić information content (AvgIpc) is 2.91. The van der Waals surface area contributed by atoms with E-state index < -0.39 is 17.2 Å². The first-order chi connectivity index (χ1) is 13.9. The van der Waals surface area contributed by atoms with E-state index >= 15 is 4.39 Å². The van der Waals surface area contributed by atoms with Crippen molar-refractivity contribution in [3.05, 3.63) is 33.2 Å². The van der Waals surface area contributed by atoms with Crippen LogP contribution in [0.4, 0.5) is 10.1 Å². The minimum absolute atomic E-state index is 0.00993. The van der Waals surface area contributed by atoms with Gasteiger partial charge in [0.15, 0.2) is 0 Å². The molecule has 0 radical (unpaired) electrons. The van der Waals surface area contributed by atoms with E-state index in [0.29, 0.717) is 34.9 Å². The number of fused-ring (bicyclic) bond motifs is 7. The molecule has 5 rings (SSSR count). The topological polar surface area (TPSA) is 86.8 Å². The SMILES string of the molecule is CCOC(=O)c1c2n(c3c4c(c(F)cc3c1=O)N1CC[C@@H](N)[C@H]1COC4)C(C)S2. The molecular weight excluding hydrogens is 397 g/mol. The number of thioether (sulfide) groups is 1. The Hall–Kier alpha value is -2.10. The highest BCUT2D eigenvalue weighted by Crippen LogP contribution is 2.49. The normalized spacial score (nSPS) is 25.1. The molecule has 29 heavy (non-hydrogen) atoms. The lowest BCUT2D eigenvalue weighted by Crippen LogP contribution is -2.42. The Morgan fingerprint density at radius 2 is 2.28 bits per heavy atom. The number of ether oxygens (including phenoxy) is 2. The summed E-state index contributed by atoms with van der Waals surface area (Å²) in [6, 6.07) is 1.09. The molecule has 2 N–H and O–H groups in total. The molecule has 1 fully saturated rings. The summed E-state index contributed by atoms with van der Waals surface area (Å²) in [5, 5.41) is 0.766. The van der Waals surface area contributed by atoms with E-state index in [-0.39, 0.29) is 41.6 Å². The Balaban J connectivity index is 1.83. The molecule has 2 aromatic rings. The number of hydrogen-bond acceptors (Lipinski definition) is 7. The second-order valence-corrected chi connectivity index (χ2v) is 8.93. The Kier molecular flexibility index (Phi) is 4.38. The summed E-state index contributed by atoms with van der Waals surface area (Å²) < 4.78 is 28.2. The number of anilines is 1. The first-order valence-corrected chi connectivity index (χ1v) is 10.7. The van der Waals surface area contributed by atoms with Gasteiger partial charge in [0.05, 0.1) is 52.9 Å². The Labute approximate surface area is 170 Å². The van der Waals surface area contributed by atoms with Crippen LogP contribution in [0.25, 0.3) is 10.9 Å². The molecule has 3 aliphatic heterocycles. The van der Waals surface area contributed by atoms with Crippen molar-refractivity contribution < 1.29 is 18.7 Å². The van der Waals surface area contributed by atoms with Crippen LogP contribution in [-0.2, 0) is 16.1 Å². The van der Waals surface area contributed by atoms with Gasteiger partial charge in [-0.15, -0.1) is 0 Å². The number of aromatic nitrogens is 1. The van der Waals surface area contributed by atoms with E-state index in [0.717, 1.165) is 6.42 Å². The number of hydrogen-bond donors (Lipinski definition) is 1. The van der Waals surface area contributed by atoms with Crippen LogP contribution in [0.1, 0.15) is 41.6 Å². The van der Waals surface area contributed by atoms with E-state index in [1.807, 2.05) is 16.4 Å². The van der Waals surface area contributed by atoms with Crippen LogP contribution in [-0.4, -0.2) is 42.4 Å². The number of rotatable bonds is 2. The first kappa shape index (κ1) is 18.9. The van der Waals surface area contributed by atoms with Crippen molar-refractivity contribution in [3.63, 3.8) is 0 Å². The van der Waals surface area contributed by atoms with E-state index in [1.165, 1.54) is 17.8 Å². The van der Waals surface area contributed by atoms with Gasteiger partial charge in [-0.2, -0.15) is 0 Å². The fourth-order valence-electron chi connectivity index (χ4n) is 4.69. The van der Waals surface area contributed by atoms with Gasteiger partial charge >= 0.3 is 5.97 Å². The fourth-order valence-corrected chi connectivity index (χ4v) is 5.83. The number of esters is 1. The van der Waals surface area contributed by atoms with Crippen molar-refractivity contribution in [2.45, 2.75) is 49.4 Å². The molecule has 0 saturated carbocycles. The summed E-state index contributed by atoms with van der Waals surface area (Å²) in [7, 11) is 0. The zero-order chi connectivity index (χ0) is 20.4. The summed E-state index contributed by atoms with van der Waals surface area (Å²) in [5.74, 6) is -1.15. The minimum atomic E-state index is -0.667. The average molecular weight is 419 g/mol. The molecule has 1 aromatic heterocycles. The zero-order valence-corrected chi connectivity index (χ0v) is 17.1. The highest BCUT2D eigenvalue weighted by Gasteiger charge is 2.40. The molecule has 9 heteroatoms. The molecule has 0 aliphatic carbocycles. The van der Waals surface area contributed by atoms with Crippen LogP contribution < -0.4 is 16.1 Å². The smallest absolute Gasteiger partial charge is 0.344 e. The van der Waals surface area contributed by atoms with Gasteiger partial charge in [0.25, 0.3) is 0 Å². The maximum atomic E-state index is 15.3. The monoisotopic (exact) mass is 419 g/mol. The summed E-state index contributed by atoms with van der Waals surface area (Å²) in [6.45, 7) is 5.09. The number of pyridine rings is 1. The number of carbonyl (C=O) groups is 1. The van der Waals surface area contributed by atoms with Crippen molar-refractivity contribution in [2.75, 3.05) is 24.7 Å². The van der Waals surface area contributed by atoms with E-state index in [9.17, 15) is 9.59 Å². The quantitative estimate of drug-likeness (QED) is 0.748. The Bertz CT molecular complexity index is 1100. The van der Waals surface area contributed by atoms with Crippen molar-refractivity contribution in [1.29, 1.82) is 0 Å². The number of halogens is 1. The van der Waals surface area contributed by atoms with E-state index in [1.54, 1.807) is 6.92 Å². The third-order valence-corrected chi connectivity index (χ3v) is 7.19. The lowest BCUT2D eigenvalue weighted by atomic mass is 10.0. The van der Waals surface area contributed by atoms with Crippen molar-refractivity contribution in [2.24, 2.45) is 5.73 Å². The van der Waals surface area contributed by atoms with Gasteiger partial charge in [-0.25, -0.2) is 9.18 Å². The Morgan fingerprint density at radius 3 is 3.00 bits per heavy atom. The summed E-state index contributed by atoms with van der Waals surface area (Å²) >= 11 is 1.44. The lowest BCUT2D eigenvalue weighted by Gasteiger charge is -2.35. The summed E-state index contributed by atoms with van der Waals surface area (Å²) in [6.07, 6.45) is 0.761. The van der Waals surface area contributed by atoms with Crippen LogP contribution in [0.5, 0.6) is 0 Å². The van der Waals surface area contributed by atoms with Gasteiger partial charge in [-0.1, -0.05) is 11.8 Å². The van der Waals surface area contributed by atoms with Gasteiger partial charge in [0.1, 0.15) is 11.4 Å². The van der Waals surface area contributed by atoms with Crippen molar-refractivity contribution in [3.8, 4) is 0 Å². The molecule has 7 nitrogen and oxygen atoms in total. The van der Waals surface area contributed by atoms with Gasteiger partial charge in [0, 0.05) is 18.2 Å². The molecule has 0 spiro atoms. The maximum Gasteiger partial charge on any atom is 0.344 e. The Morgan fingerprint density at radius 1 is 1.48 bits per heavy atom. The second-order valence-electron chi connectivity index (χ2n) is 7.63. The molecular formula is C20H22FN3O4S. The molecule has 1 aromatic carbocycles. The lowest BCUT2D eigenvalue weighted by molar-refractivity contribution is 0.0518. The number of nitrogens with two attached hydrogens (primary N) is 1. The summed E-state index contributed by atoms with van der Waals surface area (Å²) in [5.41, 5.74) is 7.46. The van der Waals surface area contributed by atoms with Crippen LogP contribution in [0.3, 0.4) is 0 Å². The molecule has 4 heterocycles. The maximum absolute atomic E-state index is 15.3. The predicted octanol–water partition coefficient (Wildman–Crippen LogP) is 2.38. The molecule has 154 valence electrons. The van der Waals surface area contributed by atoms with Crippen LogP contribution >= 0.6 is 11.8 Å². The number of benzene rings is 1. The van der Waals surface area contributed by atoms with Crippen LogP contribution in [0, 0.1) is 5.82 Å². The number of carbonyl (C=O) groups excluding carboxylic acids is 1. The predicted molar refractivity (Wildman–Crippen MR) is 108 cm³/mol.